The van der Waals surface area contributed by atoms with Gasteiger partial charge in [-0.2, -0.15) is 4.31 Å². The van der Waals surface area contributed by atoms with E-state index in [4.69, 9.17) is 15.9 Å². The summed E-state index contributed by atoms with van der Waals surface area (Å²) in [6, 6.07) is 16.1. The van der Waals surface area contributed by atoms with Crippen LogP contribution in [0.5, 0.6) is 5.75 Å². The van der Waals surface area contributed by atoms with Crippen LogP contribution in [-0.4, -0.2) is 80.5 Å². The number of amidine groups is 1. The molecule has 3 aromatic rings. The summed E-state index contributed by atoms with van der Waals surface area (Å²) < 4.78 is 34.1. The van der Waals surface area contributed by atoms with E-state index >= 15 is 0 Å². The van der Waals surface area contributed by atoms with E-state index in [1.165, 1.54) is 24.1 Å². The van der Waals surface area contributed by atoms with Gasteiger partial charge in [0.15, 0.2) is 0 Å². The number of sulfonamides is 1. The van der Waals surface area contributed by atoms with Crippen LogP contribution in [0.3, 0.4) is 0 Å². The standard InChI is InChI=1S/C27H31N5O5S/c1-30(2)25(33)17-32(38(35,36)23-10-8-19-7-9-22(37-3)14-21(19)15-23)24-11-12-31(27(24)34)16-18-5-4-6-20(13-18)26(28)29/h4-10,13-15,24H,11-12,16-17H2,1-3H3,(H3,28,29)/t24-/m0/s1. The average Bonchev–Trinajstić information content (AvgIpc) is 3.25. The smallest absolute Gasteiger partial charge is 0.244 e. The second-order valence-corrected chi connectivity index (χ2v) is 11.3. The predicted octanol–water partition coefficient (Wildman–Crippen LogP) is 2.01. The molecule has 0 saturated carbocycles. The molecule has 1 fully saturated rings. The lowest BCUT2D eigenvalue weighted by Crippen LogP contribution is -2.49. The first-order chi connectivity index (χ1) is 18.0. The van der Waals surface area contributed by atoms with Gasteiger partial charge < -0.3 is 20.3 Å². The summed E-state index contributed by atoms with van der Waals surface area (Å²) in [6.45, 7) is 0.0994. The molecule has 0 aliphatic carbocycles. The summed E-state index contributed by atoms with van der Waals surface area (Å²) in [5.41, 5.74) is 6.90. The van der Waals surface area contributed by atoms with E-state index < -0.39 is 28.5 Å². The van der Waals surface area contributed by atoms with Gasteiger partial charge in [-0.25, -0.2) is 8.42 Å². The zero-order chi connectivity index (χ0) is 27.6. The van der Waals surface area contributed by atoms with Crippen molar-refractivity contribution in [3.8, 4) is 5.75 Å². The number of likely N-dealkylation sites (tertiary alicyclic amines) is 1. The molecule has 1 aliphatic heterocycles. The summed E-state index contributed by atoms with van der Waals surface area (Å²) in [5.74, 6) is -0.306. The molecule has 3 aromatic carbocycles. The van der Waals surface area contributed by atoms with Crippen molar-refractivity contribution in [2.45, 2.75) is 23.9 Å². The third-order valence-corrected chi connectivity index (χ3v) is 8.49. The van der Waals surface area contributed by atoms with Crippen molar-refractivity contribution >= 4 is 38.4 Å². The molecule has 0 bridgehead atoms. The SMILES string of the molecule is COc1ccc2ccc(S(=O)(=O)N(CC(=O)N(C)C)[C@H]3CCN(Cc4cccc(C(=N)N)c4)C3=O)cc2c1. The quantitative estimate of drug-likeness (QED) is 0.316. The highest BCUT2D eigenvalue weighted by molar-refractivity contribution is 7.89. The van der Waals surface area contributed by atoms with Crippen LogP contribution in [0.4, 0.5) is 0 Å². The van der Waals surface area contributed by atoms with E-state index in [-0.39, 0.29) is 29.6 Å². The molecule has 38 heavy (non-hydrogen) atoms. The van der Waals surface area contributed by atoms with Crippen molar-refractivity contribution in [3.05, 3.63) is 71.8 Å². The monoisotopic (exact) mass is 537 g/mol. The normalized spacial score (nSPS) is 15.7. The van der Waals surface area contributed by atoms with E-state index in [2.05, 4.69) is 0 Å². The number of likely N-dealkylation sites (N-methyl/N-ethyl adjacent to an activating group) is 1. The Balaban J connectivity index is 1.66. The Morgan fingerprint density at radius 2 is 1.84 bits per heavy atom. The Hall–Kier alpha value is -3.96. The predicted molar refractivity (Wildman–Crippen MR) is 144 cm³/mol. The average molecular weight is 538 g/mol. The van der Waals surface area contributed by atoms with Gasteiger partial charge in [-0.05, 0) is 53.1 Å². The molecule has 3 N–H and O–H groups in total. The largest absolute Gasteiger partial charge is 0.497 e. The number of hydrogen-bond donors (Lipinski definition) is 2. The Bertz CT molecular complexity index is 1500. The van der Waals surface area contributed by atoms with Crippen molar-refractivity contribution in [1.29, 1.82) is 5.41 Å². The number of amides is 2. The number of carbonyl (C=O) groups is 2. The van der Waals surface area contributed by atoms with Gasteiger partial charge in [0.25, 0.3) is 0 Å². The summed E-state index contributed by atoms with van der Waals surface area (Å²) in [6.07, 6.45) is 0.243. The van der Waals surface area contributed by atoms with Gasteiger partial charge in [-0.3, -0.25) is 15.0 Å². The summed E-state index contributed by atoms with van der Waals surface area (Å²) >= 11 is 0. The number of fused-ring (bicyclic) bond motifs is 1. The van der Waals surface area contributed by atoms with Gasteiger partial charge in [0.1, 0.15) is 17.6 Å². The van der Waals surface area contributed by atoms with Gasteiger partial charge in [0.05, 0.1) is 18.6 Å². The number of methoxy groups -OCH3 is 1. The molecule has 10 nitrogen and oxygen atoms in total. The van der Waals surface area contributed by atoms with Crippen LogP contribution in [-0.2, 0) is 26.2 Å². The molecular formula is C27H31N5O5S. The number of nitrogens with one attached hydrogen (secondary N) is 1. The Morgan fingerprint density at radius 1 is 1.11 bits per heavy atom. The summed E-state index contributed by atoms with van der Waals surface area (Å²) in [4.78, 5) is 29.1. The number of rotatable bonds is 9. The van der Waals surface area contributed by atoms with Gasteiger partial charge in [-0.15, -0.1) is 0 Å². The zero-order valence-corrected chi connectivity index (χ0v) is 22.4. The first kappa shape index (κ1) is 27.1. The Kier molecular flexibility index (Phi) is 7.70. The fraction of sp³-hybridized carbons (Fsp3) is 0.296. The molecule has 2 amide bonds. The lowest BCUT2D eigenvalue weighted by Gasteiger charge is -2.28. The highest BCUT2D eigenvalue weighted by atomic mass is 32.2. The number of hydrogen-bond acceptors (Lipinski definition) is 6. The molecular weight excluding hydrogens is 506 g/mol. The van der Waals surface area contributed by atoms with Crippen LogP contribution in [0.2, 0.25) is 0 Å². The minimum atomic E-state index is -4.22. The Labute approximate surface area is 222 Å². The molecule has 0 radical (unpaired) electrons. The molecule has 0 unspecified atom stereocenters. The highest BCUT2D eigenvalue weighted by Crippen LogP contribution is 2.29. The lowest BCUT2D eigenvalue weighted by atomic mass is 10.1. The molecule has 0 spiro atoms. The van der Waals surface area contributed by atoms with Crippen molar-refractivity contribution in [3.63, 3.8) is 0 Å². The van der Waals surface area contributed by atoms with Crippen LogP contribution in [0.25, 0.3) is 10.8 Å². The van der Waals surface area contributed by atoms with E-state index in [9.17, 15) is 18.0 Å². The topological polar surface area (TPSA) is 137 Å². The minimum absolute atomic E-state index is 0.00906. The van der Waals surface area contributed by atoms with Crippen molar-refractivity contribution in [2.75, 3.05) is 34.3 Å². The van der Waals surface area contributed by atoms with Gasteiger partial charge in [-0.1, -0.05) is 30.3 Å². The second-order valence-electron chi connectivity index (χ2n) is 9.39. The van der Waals surface area contributed by atoms with Crippen molar-refractivity contribution in [2.24, 2.45) is 5.73 Å². The fourth-order valence-electron chi connectivity index (χ4n) is 4.47. The van der Waals surface area contributed by atoms with Crippen LogP contribution in [0.15, 0.2) is 65.6 Å². The van der Waals surface area contributed by atoms with Crippen LogP contribution >= 0.6 is 0 Å². The molecule has 1 saturated heterocycles. The third-order valence-electron chi connectivity index (χ3n) is 6.64. The minimum Gasteiger partial charge on any atom is -0.497 e. The lowest BCUT2D eigenvalue weighted by molar-refractivity contribution is -0.133. The molecule has 1 aliphatic rings. The number of nitrogen functional groups attached to an aromatic ring is 1. The third kappa shape index (κ3) is 5.48. The number of benzene rings is 3. The van der Waals surface area contributed by atoms with Gasteiger partial charge >= 0.3 is 0 Å². The summed E-state index contributed by atoms with van der Waals surface area (Å²) in [5, 5.41) is 9.14. The van der Waals surface area contributed by atoms with Crippen LogP contribution in [0, 0.1) is 5.41 Å². The first-order valence-electron chi connectivity index (χ1n) is 12.0. The Morgan fingerprint density at radius 3 is 2.53 bits per heavy atom. The van der Waals surface area contributed by atoms with E-state index in [1.807, 2.05) is 12.1 Å². The number of nitrogens with zero attached hydrogens (tertiary/aromatic N) is 3. The maximum Gasteiger partial charge on any atom is 0.244 e. The van der Waals surface area contributed by atoms with E-state index in [0.717, 1.165) is 15.3 Å². The molecule has 200 valence electrons. The molecule has 0 aromatic heterocycles. The van der Waals surface area contributed by atoms with E-state index in [1.54, 1.807) is 55.4 Å². The van der Waals surface area contributed by atoms with Crippen LogP contribution < -0.4 is 10.5 Å². The second kappa shape index (κ2) is 10.8. The number of ether oxygens (including phenoxy) is 1. The van der Waals surface area contributed by atoms with Crippen molar-refractivity contribution in [1.82, 2.24) is 14.1 Å². The zero-order valence-electron chi connectivity index (χ0n) is 21.5. The maximum absolute atomic E-state index is 13.9. The van der Waals surface area contributed by atoms with Crippen LogP contribution in [0.1, 0.15) is 17.5 Å². The van der Waals surface area contributed by atoms with Gasteiger partial charge in [0.2, 0.25) is 21.8 Å². The maximum atomic E-state index is 13.9. The summed E-state index contributed by atoms with van der Waals surface area (Å²) in [7, 11) is 0.397. The first-order valence-corrected chi connectivity index (χ1v) is 13.5. The molecule has 1 heterocycles. The molecule has 4 rings (SSSR count). The molecule has 11 heteroatoms. The number of carbonyl (C=O) groups excluding carboxylic acids is 2. The highest BCUT2D eigenvalue weighted by Gasteiger charge is 2.43. The van der Waals surface area contributed by atoms with Crippen molar-refractivity contribution < 1.29 is 22.7 Å². The van der Waals surface area contributed by atoms with Gasteiger partial charge in [0, 0.05) is 32.7 Å². The van der Waals surface area contributed by atoms with E-state index in [0.29, 0.717) is 23.2 Å². The number of nitrogens with two attached hydrogens (primary N) is 1. The molecule has 1 atom stereocenters. The fourth-order valence-corrected chi connectivity index (χ4v) is 6.07.